The maximum Gasteiger partial charge on any atom is 0.236 e. The zero-order valence-corrected chi connectivity index (χ0v) is 14.5. The molecule has 1 unspecified atom stereocenters. The van der Waals surface area contributed by atoms with E-state index in [0.29, 0.717) is 5.92 Å². The van der Waals surface area contributed by atoms with Crippen LogP contribution < -0.4 is 9.64 Å². The summed E-state index contributed by atoms with van der Waals surface area (Å²) in [5, 5.41) is 0. The van der Waals surface area contributed by atoms with Crippen molar-refractivity contribution in [1.82, 2.24) is 4.90 Å². The van der Waals surface area contributed by atoms with Gasteiger partial charge >= 0.3 is 0 Å². The molecule has 1 atom stereocenters. The van der Waals surface area contributed by atoms with Gasteiger partial charge in [0.15, 0.2) is 0 Å². The number of ether oxygens (including phenoxy) is 1. The van der Waals surface area contributed by atoms with Crippen molar-refractivity contribution in [3.8, 4) is 5.75 Å². The Bertz CT molecular complexity index is 468. The van der Waals surface area contributed by atoms with Gasteiger partial charge in [0.25, 0.3) is 0 Å². The molecule has 1 amide bonds. The minimum atomic E-state index is -0.0787. The van der Waals surface area contributed by atoms with Gasteiger partial charge in [0.2, 0.25) is 5.91 Å². The van der Waals surface area contributed by atoms with Crippen LogP contribution in [-0.2, 0) is 4.79 Å². The molecule has 1 fully saturated rings. The third-order valence-corrected chi connectivity index (χ3v) is 5.30. The minimum absolute atomic E-state index is 0.0787. The Morgan fingerprint density at radius 3 is 2.19 bits per heavy atom. The third kappa shape index (κ3) is 3.90. The number of nitrogens with zero attached hydrogens (tertiary/aromatic N) is 2. The van der Waals surface area contributed by atoms with Crippen molar-refractivity contribution in [3.05, 3.63) is 24.3 Å². The van der Waals surface area contributed by atoms with Gasteiger partial charge in [-0.25, -0.2) is 0 Å². The molecule has 4 nitrogen and oxygen atoms in total. The number of rotatable bonds is 4. The van der Waals surface area contributed by atoms with Gasteiger partial charge in [-0.3, -0.25) is 4.79 Å². The maximum absolute atomic E-state index is 12.3. The van der Waals surface area contributed by atoms with E-state index in [4.69, 9.17) is 4.74 Å². The molecule has 2 rings (SSSR count). The van der Waals surface area contributed by atoms with Gasteiger partial charge in [-0.2, -0.15) is 0 Å². The van der Waals surface area contributed by atoms with E-state index in [2.05, 4.69) is 46.8 Å². The normalized spacial score (nSPS) is 17.0. The van der Waals surface area contributed by atoms with E-state index < -0.39 is 0 Å². The van der Waals surface area contributed by atoms with Crippen molar-refractivity contribution < 1.29 is 9.53 Å². The third-order valence-electron chi connectivity index (χ3n) is 3.85. The van der Waals surface area contributed by atoms with Gasteiger partial charge in [-0.05, 0) is 30.2 Å². The number of hydrogen-bond donors (Lipinski definition) is 0. The van der Waals surface area contributed by atoms with Crippen LogP contribution >= 0.6 is 15.9 Å². The number of halogens is 1. The molecule has 0 N–H and O–H groups in total. The van der Waals surface area contributed by atoms with E-state index in [1.807, 2.05) is 17.0 Å². The highest BCUT2D eigenvalue weighted by Crippen LogP contribution is 2.22. The number of alkyl halides is 1. The zero-order valence-electron chi connectivity index (χ0n) is 12.9. The highest BCUT2D eigenvalue weighted by molar-refractivity contribution is 9.10. The van der Waals surface area contributed by atoms with E-state index in [0.717, 1.165) is 31.9 Å². The van der Waals surface area contributed by atoms with Gasteiger partial charge in [-0.1, -0.05) is 29.8 Å². The fourth-order valence-electron chi connectivity index (χ4n) is 2.44. The van der Waals surface area contributed by atoms with Crippen LogP contribution in [0.4, 0.5) is 5.69 Å². The first-order valence-electron chi connectivity index (χ1n) is 7.34. The summed E-state index contributed by atoms with van der Waals surface area (Å²) in [6, 6.07) is 8.08. The Balaban J connectivity index is 1.92. The highest BCUT2D eigenvalue weighted by Gasteiger charge is 2.27. The fraction of sp³-hybridized carbons (Fsp3) is 0.562. The summed E-state index contributed by atoms with van der Waals surface area (Å²) in [6.45, 7) is 7.42. The number of carbonyl (C=O) groups excluding carboxylic acids is 1. The average molecular weight is 355 g/mol. The van der Waals surface area contributed by atoms with Crippen LogP contribution in [0.2, 0.25) is 0 Å². The molecule has 116 valence electrons. The Hall–Kier alpha value is -1.23. The number of carbonyl (C=O) groups is 1. The lowest BCUT2D eigenvalue weighted by atomic mass is 10.1. The molecular formula is C16H23BrN2O2. The van der Waals surface area contributed by atoms with E-state index in [9.17, 15) is 4.79 Å². The summed E-state index contributed by atoms with van der Waals surface area (Å²) < 4.78 is 5.18. The molecule has 1 aliphatic rings. The Labute approximate surface area is 135 Å². The van der Waals surface area contributed by atoms with Gasteiger partial charge in [0.1, 0.15) is 5.75 Å². The highest BCUT2D eigenvalue weighted by atomic mass is 79.9. The number of methoxy groups -OCH3 is 1. The van der Waals surface area contributed by atoms with Gasteiger partial charge < -0.3 is 14.5 Å². The molecule has 0 saturated carbocycles. The quantitative estimate of drug-likeness (QED) is 0.779. The van der Waals surface area contributed by atoms with Crippen LogP contribution in [0.3, 0.4) is 0 Å². The lowest BCUT2D eigenvalue weighted by Crippen LogP contribution is -2.51. The second-order valence-corrected chi connectivity index (χ2v) is 6.64. The lowest BCUT2D eigenvalue weighted by molar-refractivity contribution is -0.131. The number of piperazine rings is 1. The monoisotopic (exact) mass is 354 g/mol. The van der Waals surface area contributed by atoms with Crippen LogP contribution in [0, 0.1) is 5.92 Å². The van der Waals surface area contributed by atoms with Crippen molar-refractivity contribution in [2.75, 3.05) is 38.2 Å². The minimum Gasteiger partial charge on any atom is -0.497 e. The summed E-state index contributed by atoms with van der Waals surface area (Å²) in [5.41, 5.74) is 1.18. The smallest absolute Gasteiger partial charge is 0.236 e. The molecule has 5 heteroatoms. The van der Waals surface area contributed by atoms with Crippen molar-refractivity contribution in [2.24, 2.45) is 5.92 Å². The number of hydrogen-bond acceptors (Lipinski definition) is 3. The molecule has 1 heterocycles. The summed E-state index contributed by atoms with van der Waals surface area (Å²) >= 11 is 3.50. The lowest BCUT2D eigenvalue weighted by Gasteiger charge is -2.37. The number of anilines is 1. The van der Waals surface area contributed by atoms with Gasteiger partial charge in [0, 0.05) is 31.9 Å². The second-order valence-electron chi connectivity index (χ2n) is 5.66. The van der Waals surface area contributed by atoms with Crippen molar-refractivity contribution >= 4 is 27.5 Å². The van der Waals surface area contributed by atoms with Crippen LogP contribution in [0.15, 0.2) is 24.3 Å². The maximum atomic E-state index is 12.3. The molecule has 0 bridgehead atoms. The first kappa shape index (κ1) is 16.1. The molecule has 0 aromatic heterocycles. The van der Waals surface area contributed by atoms with Crippen LogP contribution in [-0.4, -0.2) is 48.9 Å². The average Bonchev–Trinajstić information content (AvgIpc) is 2.53. The molecule has 0 spiro atoms. The predicted octanol–water partition coefficient (Wildman–Crippen LogP) is 2.76. The van der Waals surface area contributed by atoms with Gasteiger partial charge in [-0.15, -0.1) is 0 Å². The number of benzene rings is 1. The molecule has 1 aromatic carbocycles. The predicted molar refractivity (Wildman–Crippen MR) is 89.3 cm³/mol. The van der Waals surface area contributed by atoms with Crippen LogP contribution in [0.5, 0.6) is 5.75 Å². The van der Waals surface area contributed by atoms with E-state index >= 15 is 0 Å². The largest absolute Gasteiger partial charge is 0.497 e. The van der Waals surface area contributed by atoms with Crippen molar-refractivity contribution in [1.29, 1.82) is 0 Å². The molecule has 0 aliphatic carbocycles. The first-order valence-corrected chi connectivity index (χ1v) is 8.26. The summed E-state index contributed by atoms with van der Waals surface area (Å²) in [4.78, 5) is 16.5. The molecular weight excluding hydrogens is 332 g/mol. The summed E-state index contributed by atoms with van der Waals surface area (Å²) in [5.74, 6) is 1.39. The molecule has 1 saturated heterocycles. The number of amides is 1. The van der Waals surface area contributed by atoms with Gasteiger partial charge in [0.05, 0.1) is 11.9 Å². The van der Waals surface area contributed by atoms with E-state index in [1.54, 1.807) is 7.11 Å². The SMILES string of the molecule is COc1ccc(N2CCN(C(=O)C(Br)C(C)C)CC2)cc1. The van der Waals surface area contributed by atoms with Crippen LogP contribution in [0.25, 0.3) is 0 Å². The zero-order chi connectivity index (χ0) is 15.4. The van der Waals surface area contributed by atoms with Crippen molar-refractivity contribution in [2.45, 2.75) is 18.7 Å². The standard InChI is InChI=1S/C16H23BrN2O2/c1-12(2)15(17)16(20)19-10-8-18(9-11-19)13-4-6-14(21-3)7-5-13/h4-7,12,15H,8-11H2,1-3H3. The molecule has 1 aliphatic heterocycles. The Kier molecular flexibility index (Phi) is 5.51. The second kappa shape index (κ2) is 7.16. The Morgan fingerprint density at radius 2 is 1.71 bits per heavy atom. The fourth-order valence-corrected chi connectivity index (χ4v) is 2.73. The summed E-state index contributed by atoms with van der Waals surface area (Å²) in [7, 11) is 1.67. The molecule has 1 aromatic rings. The molecule has 21 heavy (non-hydrogen) atoms. The molecule has 0 radical (unpaired) electrons. The topological polar surface area (TPSA) is 32.8 Å². The van der Waals surface area contributed by atoms with Crippen LogP contribution in [0.1, 0.15) is 13.8 Å². The van der Waals surface area contributed by atoms with E-state index in [1.165, 1.54) is 5.69 Å². The van der Waals surface area contributed by atoms with E-state index in [-0.39, 0.29) is 10.7 Å². The Morgan fingerprint density at radius 1 is 1.14 bits per heavy atom. The first-order chi connectivity index (χ1) is 10.0. The summed E-state index contributed by atoms with van der Waals surface area (Å²) in [6.07, 6.45) is 0. The van der Waals surface area contributed by atoms with Crippen molar-refractivity contribution in [3.63, 3.8) is 0 Å².